The van der Waals surface area contributed by atoms with Crippen molar-refractivity contribution in [1.82, 2.24) is 5.32 Å². The second-order valence-electron chi connectivity index (χ2n) is 7.19. The first kappa shape index (κ1) is 20.9. The van der Waals surface area contributed by atoms with E-state index >= 15 is 0 Å². The Morgan fingerprint density at radius 2 is 1.77 bits per heavy atom. The maximum Gasteiger partial charge on any atom is 0.259 e. The molecule has 3 aromatic carbocycles. The van der Waals surface area contributed by atoms with E-state index in [0.29, 0.717) is 38.7 Å². The molecule has 31 heavy (non-hydrogen) atoms. The molecular weight excluding hydrogens is 415 g/mol. The van der Waals surface area contributed by atoms with Crippen LogP contribution in [0.3, 0.4) is 0 Å². The monoisotopic (exact) mass is 436 g/mol. The van der Waals surface area contributed by atoms with Gasteiger partial charge in [-0.1, -0.05) is 37.3 Å². The van der Waals surface area contributed by atoms with Crippen LogP contribution in [0.15, 0.2) is 76.5 Å². The lowest BCUT2D eigenvalue weighted by Crippen LogP contribution is -2.31. The van der Waals surface area contributed by atoms with Crippen LogP contribution in [0, 0.1) is 5.82 Å². The number of amides is 2. The van der Waals surface area contributed by atoms with Crippen LogP contribution >= 0.6 is 0 Å². The summed E-state index contributed by atoms with van der Waals surface area (Å²) in [6, 6.07) is 17.7. The van der Waals surface area contributed by atoms with Crippen molar-refractivity contribution in [3.8, 4) is 0 Å². The van der Waals surface area contributed by atoms with Gasteiger partial charge in [0, 0.05) is 17.7 Å². The Labute approximate surface area is 182 Å². The molecule has 0 radical (unpaired) electrons. The van der Waals surface area contributed by atoms with Gasteiger partial charge in [-0.3, -0.25) is 9.59 Å². The van der Waals surface area contributed by atoms with Crippen LogP contribution in [-0.2, 0) is 17.3 Å². The molecule has 0 bridgehead atoms. The van der Waals surface area contributed by atoms with Crippen molar-refractivity contribution in [2.45, 2.75) is 29.7 Å². The molecule has 0 aliphatic carbocycles. The van der Waals surface area contributed by atoms with Crippen molar-refractivity contribution in [1.29, 1.82) is 0 Å². The molecule has 0 unspecified atom stereocenters. The first-order valence-electron chi connectivity index (χ1n) is 9.99. The Morgan fingerprint density at radius 3 is 2.55 bits per heavy atom. The van der Waals surface area contributed by atoms with Gasteiger partial charge in [-0.2, -0.15) is 0 Å². The maximum absolute atomic E-state index is 14.4. The Morgan fingerprint density at radius 1 is 1.03 bits per heavy atom. The van der Waals surface area contributed by atoms with Gasteiger partial charge in [-0.25, -0.2) is 8.60 Å². The summed E-state index contributed by atoms with van der Waals surface area (Å²) in [7, 11) is -1.63. The van der Waals surface area contributed by atoms with Crippen molar-refractivity contribution in [2.24, 2.45) is 0 Å². The van der Waals surface area contributed by atoms with Gasteiger partial charge >= 0.3 is 0 Å². The molecule has 1 aliphatic heterocycles. The lowest BCUT2D eigenvalue weighted by Gasteiger charge is -2.24. The van der Waals surface area contributed by atoms with E-state index < -0.39 is 22.5 Å². The zero-order valence-corrected chi connectivity index (χ0v) is 17.7. The highest BCUT2D eigenvalue weighted by Crippen LogP contribution is 2.36. The van der Waals surface area contributed by atoms with Crippen molar-refractivity contribution < 1.29 is 18.2 Å². The highest BCUT2D eigenvalue weighted by Gasteiger charge is 2.31. The topological polar surface area (TPSA) is 66.5 Å². The summed E-state index contributed by atoms with van der Waals surface area (Å²) in [6.07, 6.45) is 0.786. The summed E-state index contributed by atoms with van der Waals surface area (Å²) in [5.74, 6) is -1.11. The molecule has 1 heterocycles. The Bertz CT molecular complexity index is 1190. The minimum Gasteiger partial charge on any atom is -0.352 e. The number of fused-ring (bicyclic) bond motifs is 2. The number of halogens is 1. The van der Waals surface area contributed by atoms with Crippen LogP contribution in [0.1, 0.15) is 39.6 Å². The molecule has 1 N–H and O–H groups in total. The molecule has 158 valence electrons. The molecule has 1 aliphatic rings. The number of benzene rings is 3. The van der Waals surface area contributed by atoms with Crippen molar-refractivity contribution in [3.05, 3.63) is 89.2 Å². The molecule has 5 nitrogen and oxygen atoms in total. The van der Waals surface area contributed by atoms with Gasteiger partial charge in [-0.05, 0) is 42.8 Å². The van der Waals surface area contributed by atoms with E-state index in [4.69, 9.17) is 0 Å². The molecule has 2 amide bonds. The summed E-state index contributed by atoms with van der Waals surface area (Å²) in [4.78, 5) is 28.2. The molecule has 3 aromatic rings. The average Bonchev–Trinajstić information content (AvgIpc) is 2.88. The van der Waals surface area contributed by atoms with Crippen molar-refractivity contribution in [2.75, 3.05) is 11.4 Å². The maximum atomic E-state index is 14.4. The predicted octanol–water partition coefficient (Wildman–Crippen LogP) is 4.29. The van der Waals surface area contributed by atoms with Crippen LogP contribution in [-0.4, -0.2) is 22.6 Å². The molecule has 0 saturated heterocycles. The number of anilines is 1. The minimum absolute atomic E-state index is 0.0515. The number of carbonyl (C=O) groups is 2. The summed E-state index contributed by atoms with van der Waals surface area (Å²) in [5.41, 5.74) is 1.31. The van der Waals surface area contributed by atoms with Crippen LogP contribution in [0.2, 0.25) is 0 Å². The van der Waals surface area contributed by atoms with Gasteiger partial charge in [0.1, 0.15) is 5.82 Å². The number of hydrogen-bond acceptors (Lipinski definition) is 3. The van der Waals surface area contributed by atoms with Gasteiger partial charge in [0.15, 0.2) is 0 Å². The number of carbonyl (C=O) groups excluding carboxylic acids is 2. The van der Waals surface area contributed by atoms with Gasteiger partial charge < -0.3 is 10.2 Å². The van der Waals surface area contributed by atoms with E-state index in [1.165, 1.54) is 11.0 Å². The molecule has 0 saturated carbocycles. The van der Waals surface area contributed by atoms with Crippen LogP contribution in [0.25, 0.3) is 0 Å². The summed E-state index contributed by atoms with van der Waals surface area (Å²) >= 11 is 0. The first-order chi connectivity index (χ1) is 15.0. The molecule has 0 aromatic heterocycles. The second-order valence-corrected chi connectivity index (χ2v) is 8.60. The molecule has 0 fully saturated rings. The van der Waals surface area contributed by atoms with E-state index in [1.54, 1.807) is 60.7 Å². The first-order valence-corrected chi connectivity index (χ1v) is 11.1. The smallest absolute Gasteiger partial charge is 0.259 e. The summed E-state index contributed by atoms with van der Waals surface area (Å²) in [6.45, 7) is 2.42. The zero-order valence-electron chi connectivity index (χ0n) is 16.9. The summed E-state index contributed by atoms with van der Waals surface area (Å²) < 4.78 is 27.8. The van der Waals surface area contributed by atoms with E-state index in [9.17, 15) is 18.2 Å². The Kier molecular flexibility index (Phi) is 5.95. The summed E-state index contributed by atoms with van der Waals surface area (Å²) in [5, 5.41) is 2.81. The highest BCUT2D eigenvalue weighted by molar-refractivity contribution is 7.85. The van der Waals surface area contributed by atoms with Gasteiger partial charge in [0.25, 0.3) is 11.8 Å². The quantitative estimate of drug-likeness (QED) is 0.649. The van der Waals surface area contributed by atoms with Gasteiger partial charge in [0.05, 0.1) is 38.4 Å². The van der Waals surface area contributed by atoms with E-state index in [-0.39, 0.29) is 12.5 Å². The number of nitrogens with one attached hydrogen (secondary N) is 1. The number of rotatable bonds is 5. The van der Waals surface area contributed by atoms with Crippen LogP contribution < -0.4 is 10.2 Å². The Balaban J connectivity index is 1.87. The zero-order chi connectivity index (χ0) is 22.0. The van der Waals surface area contributed by atoms with E-state index in [1.807, 2.05) is 6.92 Å². The largest absolute Gasteiger partial charge is 0.352 e. The number of nitrogens with zero attached hydrogens (tertiary/aromatic N) is 1. The van der Waals surface area contributed by atoms with Crippen molar-refractivity contribution in [3.63, 3.8) is 0 Å². The highest BCUT2D eigenvalue weighted by atomic mass is 32.2. The Hall–Kier alpha value is -3.32. The van der Waals surface area contributed by atoms with E-state index in [0.717, 1.165) is 6.42 Å². The van der Waals surface area contributed by atoms with Crippen molar-refractivity contribution >= 4 is 28.3 Å². The SMILES string of the molecule is CCCNC(=O)c1ccc2c(c1)N(Cc1ccccc1F)C(=O)c1ccccc1[S@@]2=O. The predicted molar refractivity (Wildman–Crippen MR) is 117 cm³/mol. The molecular formula is C24H21FN2O3S. The van der Waals surface area contributed by atoms with Gasteiger partial charge in [-0.15, -0.1) is 0 Å². The fraction of sp³-hybridized carbons (Fsp3) is 0.167. The fourth-order valence-electron chi connectivity index (χ4n) is 3.50. The molecule has 4 rings (SSSR count). The third kappa shape index (κ3) is 4.01. The standard InChI is InChI=1S/C24H21FN2O3S/c1-2-13-26-23(28)16-11-12-22-20(14-16)27(15-17-7-3-5-9-19(17)25)24(29)18-8-4-6-10-21(18)31(22)30/h3-12,14H,2,13,15H2,1H3,(H,26,28)/t31-/m0/s1. The lowest BCUT2D eigenvalue weighted by atomic mass is 10.1. The third-order valence-electron chi connectivity index (χ3n) is 5.10. The lowest BCUT2D eigenvalue weighted by molar-refractivity contribution is 0.0950. The minimum atomic E-state index is -1.63. The molecule has 0 spiro atoms. The van der Waals surface area contributed by atoms with E-state index in [2.05, 4.69) is 5.32 Å². The molecule has 7 heteroatoms. The average molecular weight is 437 g/mol. The van der Waals surface area contributed by atoms with Crippen LogP contribution in [0.5, 0.6) is 0 Å². The fourth-order valence-corrected chi connectivity index (χ4v) is 4.84. The normalized spacial score (nSPS) is 15.1. The van der Waals surface area contributed by atoms with Gasteiger partial charge in [0.2, 0.25) is 0 Å². The third-order valence-corrected chi connectivity index (χ3v) is 6.60. The van der Waals surface area contributed by atoms with Crippen LogP contribution in [0.4, 0.5) is 10.1 Å². The number of hydrogen-bond donors (Lipinski definition) is 1. The molecule has 1 atom stereocenters. The second kappa shape index (κ2) is 8.81.